The molecule has 0 aromatic rings. The second-order valence-electron chi connectivity index (χ2n) is 3.15. The molecule has 0 aromatic heterocycles. The molecule has 1 unspecified atom stereocenters. The van der Waals surface area contributed by atoms with E-state index in [1.165, 1.54) is 0 Å². The van der Waals surface area contributed by atoms with Crippen LogP contribution in [0, 0.1) is 5.92 Å². The Kier molecular flexibility index (Phi) is 4.54. The summed E-state index contributed by atoms with van der Waals surface area (Å²) < 4.78 is 4.96. The number of hydrogen-bond donors (Lipinski definition) is 1. The number of ether oxygens (including phenoxy) is 1. The Bertz CT molecular complexity index is 189. The first kappa shape index (κ1) is 10.3. The number of nitrogens with one attached hydrogen (secondary N) is 1. The summed E-state index contributed by atoms with van der Waals surface area (Å²) in [6, 6.07) is 0. The van der Waals surface area contributed by atoms with Gasteiger partial charge in [0.1, 0.15) is 0 Å². The van der Waals surface area contributed by atoms with Crippen molar-refractivity contribution in [3.63, 3.8) is 0 Å². The molecule has 74 valence electrons. The van der Waals surface area contributed by atoms with Crippen molar-refractivity contribution < 1.29 is 9.53 Å². The Morgan fingerprint density at radius 3 is 3.23 bits per heavy atom. The predicted molar refractivity (Wildman–Crippen MR) is 51.4 cm³/mol. The molecule has 1 aliphatic rings. The van der Waals surface area contributed by atoms with E-state index in [2.05, 4.69) is 17.5 Å². The molecule has 1 atom stereocenters. The molecule has 0 aromatic carbocycles. The summed E-state index contributed by atoms with van der Waals surface area (Å²) in [6.45, 7) is 4.00. The van der Waals surface area contributed by atoms with E-state index >= 15 is 0 Å². The lowest BCUT2D eigenvalue weighted by molar-refractivity contribution is -0.147. The molecule has 1 N–H and O–H groups in total. The third-order valence-corrected chi connectivity index (χ3v) is 2.09. The van der Waals surface area contributed by atoms with Crippen LogP contribution < -0.4 is 5.32 Å². The molecular formula is C10H17NO2. The van der Waals surface area contributed by atoms with Crippen LogP contribution in [0.1, 0.15) is 19.8 Å². The van der Waals surface area contributed by atoms with E-state index < -0.39 is 0 Å². The van der Waals surface area contributed by atoms with Crippen LogP contribution in [0.15, 0.2) is 12.2 Å². The van der Waals surface area contributed by atoms with Gasteiger partial charge in [-0.3, -0.25) is 4.79 Å². The second kappa shape index (κ2) is 5.75. The van der Waals surface area contributed by atoms with Gasteiger partial charge in [0.05, 0.1) is 12.5 Å². The number of rotatable bonds is 2. The van der Waals surface area contributed by atoms with Crippen molar-refractivity contribution in [1.29, 1.82) is 0 Å². The molecule has 0 fully saturated rings. The van der Waals surface area contributed by atoms with E-state index in [1.807, 2.05) is 6.92 Å². The highest BCUT2D eigenvalue weighted by atomic mass is 16.5. The average molecular weight is 183 g/mol. The Labute approximate surface area is 79.2 Å². The van der Waals surface area contributed by atoms with E-state index in [0.717, 1.165) is 25.9 Å². The zero-order valence-corrected chi connectivity index (χ0v) is 8.08. The lowest BCUT2D eigenvalue weighted by Crippen LogP contribution is -2.31. The van der Waals surface area contributed by atoms with Gasteiger partial charge in [-0.05, 0) is 26.3 Å². The molecule has 13 heavy (non-hydrogen) atoms. The van der Waals surface area contributed by atoms with Crippen molar-refractivity contribution in [2.75, 3.05) is 19.7 Å². The summed E-state index contributed by atoms with van der Waals surface area (Å²) >= 11 is 0. The largest absolute Gasteiger partial charge is 0.466 e. The number of esters is 1. The van der Waals surface area contributed by atoms with Gasteiger partial charge in [0.2, 0.25) is 0 Å². The fourth-order valence-corrected chi connectivity index (χ4v) is 1.36. The van der Waals surface area contributed by atoms with Crippen molar-refractivity contribution in [2.45, 2.75) is 19.8 Å². The molecule has 1 heterocycles. The molecule has 3 nitrogen and oxygen atoms in total. The van der Waals surface area contributed by atoms with Gasteiger partial charge in [0.15, 0.2) is 0 Å². The highest BCUT2D eigenvalue weighted by Crippen LogP contribution is 2.08. The smallest absolute Gasteiger partial charge is 0.310 e. The SMILES string of the molecule is CCOC(=O)C1CC=CCCNC1. The predicted octanol–water partition coefficient (Wildman–Crippen LogP) is 1.11. The highest BCUT2D eigenvalue weighted by molar-refractivity contribution is 5.72. The maximum Gasteiger partial charge on any atom is 0.310 e. The Morgan fingerprint density at radius 2 is 2.46 bits per heavy atom. The topological polar surface area (TPSA) is 38.3 Å². The minimum absolute atomic E-state index is 0.00324. The minimum Gasteiger partial charge on any atom is -0.466 e. The van der Waals surface area contributed by atoms with Gasteiger partial charge in [-0.15, -0.1) is 0 Å². The molecule has 0 radical (unpaired) electrons. The van der Waals surface area contributed by atoms with Gasteiger partial charge < -0.3 is 10.1 Å². The van der Waals surface area contributed by atoms with Crippen LogP contribution in [0.3, 0.4) is 0 Å². The first-order valence-corrected chi connectivity index (χ1v) is 4.87. The molecule has 0 saturated heterocycles. The van der Waals surface area contributed by atoms with E-state index in [9.17, 15) is 4.79 Å². The number of hydrogen-bond acceptors (Lipinski definition) is 3. The Balaban J connectivity index is 2.41. The molecular weight excluding hydrogens is 166 g/mol. The first-order chi connectivity index (χ1) is 6.34. The fourth-order valence-electron chi connectivity index (χ4n) is 1.36. The van der Waals surface area contributed by atoms with Gasteiger partial charge in [-0.2, -0.15) is 0 Å². The first-order valence-electron chi connectivity index (χ1n) is 4.87. The maximum absolute atomic E-state index is 11.4. The maximum atomic E-state index is 11.4. The summed E-state index contributed by atoms with van der Waals surface area (Å²) in [7, 11) is 0. The van der Waals surface area contributed by atoms with Crippen molar-refractivity contribution in [3.05, 3.63) is 12.2 Å². The number of carbonyl (C=O) groups is 1. The molecule has 1 rings (SSSR count). The van der Waals surface area contributed by atoms with Crippen molar-refractivity contribution in [3.8, 4) is 0 Å². The van der Waals surface area contributed by atoms with Crippen molar-refractivity contribution in [1.82, 2.24) is 5.32 Å². The highest BCUT2D eigenvalue weighted by Gasteiger charge is 2.18. The summed E-state index contributed by atoms with van der Waals surface area (Å²) in [5.74, 6) is -0.0851. The number of carbonyl (C=O) groups excluding carboxylic acids is 1. The van der Waals surface area contributed by atoms with Gasteiger partial charge in [0.25, 0.3) is 0 Å². The molecule has 0 bridgehead atoms. The summed E-state index contributed by atoms with van der Waals surface area (Å²) in [6.07, 6.45) is 6.03. The van der Waals surface area contributed by atoms with Gasteiger partial charge >= 0.3 is 5.97 Å². The van der Waals surface area contributed by atoms with Crippen LogP contribution in [0.25, 0.3) is 0 Å². The molecule has 0 aliphatic carbocycles. The average Bonchev–Trinajstić information content (AvgIpc) is 2.03. The standard InChI is InChI=1S/C10H17NO2/c1-2-13-10(12)9-6-4-3-5-7-11-8-9/h3-4,9,11H,2,5-8H2,1H3. The van der Waals surface area contributed by atoms with E-state index in [1.54, 1.807) is 0 Å². The third-order valence-electron chi connectivity index (χ3n) is 2.09. The molecule has 0 saturated carbocycles. The quantitative estimate of drug-likeness (QED) is 0.514. The molecule has 0 amide bonds. The van der Waals surface area contributed by atoms with Crippen LogP contribution in [0.4, 0.5) is 0 Å². The third kappa shape index (κ3) is 3.59. The summed E-state index contributed by atoms with van der Waals surface area (Å²) in [4.78, 5) is 11.4. The number of allylic oxidation sites excluding steroid dienone is 1. The van der Waals surface area contributed by atoms with Crippen LogP contribution in [-0.2, 0) is 9.53 Å². The lowest BCUT2D eigenvalue weighted by Gasteiger charge is -2.15. The zero-order chi connectivity index (χ0) is 9.52. The Morgan fingerprint density at radius 1 is 1.62 bits per heavy atom. The molecule has 1 aliphatic heterocycles. The van der Waals surface area contributed by atoms with Gasteiger partial charge in [0, 0.05) is 6.54 Å². The zero-order valence-electron chi connectivity index (χ0n) is 8.08. The molecule has 3 heteroatoms. The van der Waals surface area contributed by atoms with E-state index in [-0.39, 0.29) is 11.9 Å². The molecule has 0 spiro atoms. The second-order valence-corrected chi connectivity index (χ2v) is 3.15. The van der Waals surface area contributed by atoms with Crippen LogP contribution in [0.5, 0.6) is 0 Å². The Hall–Kier alpha value is -0.830. The van der Waals surface area contributed by atoms with Crippen LogP contribution >= 0.6 is 0 Å². The van der Waals surface area contributed by atoms with Crippen LogP contribution in [0.2, 0.25) is 0 Å². The fraction of sp³-hybridized carbons (Fsp3) is 0.700. The monoisotopic (exact) mass is 183 g/mol. The van der Waals surface area contributed by atoms with E-state index in [0.29, 0.717) is 6.61 Å². The van der Waals surface area contributed by atoms with Gasteiger partial charge in [-0.25, -0.2) is 0 Å². The normalized spacial score (nSPS) is 23.3. The summed E-state index contributed by atoms with van der Waals surface area (Å²) in [5, 5.41) is 3.22. The van der Waals surface area contributed by atoms with Gasteiger partial charge in [-0.1, -0.05) is 12.2 Å². The van der Waals surface area contributed by atoms with Crippen LogP contribution in [-0.4, -0.2) is 25.7 Å². The lowest BCUT2D eigenvalue weighted by atomic mass is 10.0. The van der Waals surface area contributed by atoms with Crippen molar-refractivity contribution >= 4 is 5.97 Å². The summed E-state index contributed by atoms with van der Waals surface area (Å²) in [5.41, 5.74) is 0. The van der Waals surface area contributed by atoms with E-state index in [4.69, 9.17) is 4.74 Å². The minimum atomic E-state index is -0.0819. The van der Waals surface area contributed by atoms with Crippen molar-refractivity contribution in [2.24, 2.45) is 5.92 Å².